The standard InChI is InChI=1S/C22H28FN3O3S/c23-18-13-19-16(2-1-7-25-19)12-21(18)30(27,28)26-9-5-22(6-10-26)4-3-17(14-22)20-15-24-8-11-29-20/h1-2,7,12-13,17,20,24H,3-6,8-11,14-15H2. The number of sulfonamides is 1. The number of fused-ring (bicyclic) bond motifs is 1. The van der Waals surface area contributed by atoms with Crippen LogP contribution in [0.1, 0.15) is 32.1 Å². The zero-order valence-corrected chi connectivity index (χ0v) is 17.8. The highest BCUT2D eigenvalue weighted by Crippen LogP contribution is 2.50. The Kier molecular flexibility index (Phi) is 5.29. The van der Waals surface area contributed by atoms with Crippen LogP contribution >= 0.6 is 0 Å². The predicted molar refractivity (Wildman–Crippen MR) is 112 cm³/mol. The van der Waals surface area contributed by atoms with Gasteiger partial charge in [-0.2, -0.15) is 4.31 Å². The molecule has 1 aromatic carbocycles. The molecule has 2 aromatic rings. The van der Waals surface area contributed by atoms with Crippen LogP contribution in [0.4, 0.5) is 4.39 Å². The second-order valence-corrected chi connectivity index (χ2v) is 10.9. The molecule has 0 amide bonds. The molecule has 2 atom stereocenters. The molecule has 0 radical (unpaired) electrons. The van der Waals surface area contributed by atoms with Gasteiger partial charge in [0.05, 0.1) is 18.2 Å². The van der Waals surface area contributed by atoms with Gasteiger partial charge in [0.1, 0.15) is 10.7 Å². The molecule has 2 unspecified atom stereocenters. The zero-order valence-electron chi connectivity index (χ0n) is 17.0. The van der Waals surface area contributed by atoms with Gasteiger partial charge in [-0.3, -0.25) is 4.98 Å². The lowest BCUT2D eigenvalue weighted by atomic mass is 9.76. The molecule has 1 spiro atoms. The van der Waals surface area contributed by atoms with Gasteiger partial charge in [0.25, 0.3) is 0 Å². The Morgan fingerprint density at radius 3 is 2.83 bits per heavy atom. The Balaban J connectivity index is 1.30. The molecular weight excluding hydrogens is 405 g/mol. The fourth-order valence-electron chi connectivity index (χ4n) is 5.52. The number of hydrogen-bond donors (Lipinski definition) is 1. The van der Waals surface area contributed by atoms with E-state index in [9.17, 15) is 12.8 Å². The number of hydrogen-bond acceptors (Lipinski definition) is 5. The minimum absolute atomic E-state index is 0.198. The lowest BCUT2D eigenvalue weighted by Crippen LogP contribution is -2.44. The molecule has 30 heavy (non-hydrogen) atoms. The van der Waals surface area contributed by atoms with Crippen molar-refractivity contribution in [2.24, 2.45) is 11.3 Å². The molecule has 2 aliphatic heterocycles. The van der Waals surface area contributed by atoms with Gasteiger partial charge in [0.15, 0.2) is 0 Å². The molecule has 162 valence electrons. The predicted octanol–water partition coefficient (Wildman–Crippen LogP) is 2.93. The van der Waals surface area contributed by atoms with Gasteiger partial charge in [-0.1, -0.05) is 6.07 Å². The van der Waals surface area contributed by atoms with Crippen molar-refractivity contribution in [2.75, 3.05) is 32.8 Å². The van der Waals surface area contributed by atoms with Gasteiger partial charge < -0.3 is 10.1 Å². The first-order valence-corrected chi connectivity index (χ1v) is 12.3. The average Bonchev–Trinajstić information content (AvgIpc) is 3.17. The summed E-state index contributed by atoms with van der Waals surface area (Å²) in [4.78, 5) is 3.86. The van der Waals surface area contributed by atoms with Crippen LogP contribution in [-0.4, -0.2) is 56.6 Å². The third-order valence-corrected chi connectivity index (χ3v) is 9.19. The van der Waals surface area contributed by atoms with Crippen LogP contribution in [-0.2, 0) is 14.8 Å². The average molecular weight is 434 g/mol. The molecule has 1 aromatic heterocycles. The summed E-state index contributed by atoms with van der Waals surface area (Å²) in [5, 5.41) is 4.04. The molecular formula is C22H28FN3O3S. The number of aromatic nitrogens is 1. The van der Waals surface area contributed by atoms with Crippen LogP contribution in [0.5, 0.6) is 0 Å². The third-order valence-electron chi connectivity index (χ3n) is 7.28. The summed E-state index contributed by atoms with van der Waals surface area (Å²) >= 11 is 0. The van der Waals surface area contributed by atoms with Crippen LogP contribution in [0, 0.1) is 17.2 Å². The summed E-state index contributed by atoms with van der Waals surface area (Å²) in [6, 6.07) is 6.11. The largest absolute Gasteiger partial charge is 0.375 e. The first-order chi connectivity index (χ1) is 14.5. The molecule has 3 heterocycles. The fourth-order valence-corrected chi connectivity index (χ4v) is 7.05. The highest BCUT2D eigenvalue weighted by atomic mass is 32.2. The van der Waals surface area contributed by atoms with Crippen molar-refractivity contribution in [3.63, 3.8) is 0 Å². The minimum atomic E-state index is -3.87. The first kappa shape index (κ1) is 20.3. The Labute approximate surface area is 176 Å². The quantitative estimate of drug-likeness (QED) is 0.806. The molecule has 6 nitrogen and oxygen atoms in total. The van der Waals surface area contributed by atoms with Crippen molar-refractivity contribution >= 4 is 20.9 Å². The van der Waals surface area contributed by atoms with E-state index in [0.717, 1.165) is 51.8 Å². The maximum atomic E-state index is 14.7. The van der Waals surface area contributed by atoms with Crippen molar-refractivity contribution in [1.29, 1.82) is 0 Å². The van der Waals surface area contributed by atoms with E-state index in [1.807, 2.05) is 0 Å². The monoisotopic (exact) mass is 433 g/mol. The van der Waals surface area contributed by atoms with Crippen molar-refractivity contribution < 1.29 is 17.5 Å². The number of morpholine rings is 1. The van der Waals surface area contributed by atoms with E-state index in [4.69, 9.17) is 4.74 Å². The fraction of sp³-hybridized carbons (Fsp3) is 0.591. The molecule has 5 rings (SSSR count). The van der Waals surface area contributed by atoms with Gasteiger partial charge in [0.2, 0.25) is 10.0 Å². The van der Waals surface area contributed by atoms with Crippen molar-refractivity contribution in [1.82, 2.24) is 14.6 Å². The van der Waals surface area contributed by atoms with Crippen molar-refractivity contribution in [2.45, 2.75) is 43.1 Å². The van der Waals surface area contributed by atoms with Crippen LogP contribution in [0.3, 0.4) is 0 Å². The van der Waals surface area contributed by atoms with Gasteiger partial charge in [-0.05, 0) is 55.6 Å². The van der Waals surface area contributed by atoms with E-state index >= 15 is 0 Å². The molecule has 0 bridgehead atoms. The summed E-state index contributed by atoms with van der Waals surface area (Å²) in [7, 11) is -3.87. The topological polar surface area (TPSA) is 71.5 Å². The van der Waals surface area contributed by atoms with Crippen LogP contribution in [0.25, 0.3) is 10.9 Å². The third kappa shape index (κ3) is 3.64. The summed E-state index contributed by atoms with van der Waals surface area (Å²) in [5.41, 5.74) is 0.659. The SMILES string of the molecule is O=S(=O)(c1cc2cccnc2cc1F)N1CCC2(CCC(C3CNCCO3)C2)CC1. The number of nitrogens with zero attached hydrogens (tertiary/aromatic N) is 2. The first-order valence-electron chi connectivity index (χ1n) is 10.8. The van der Waals surface area contributed by atoms with Crippen molar-refractivity contribution in [3.8, 4) is 0 Å². The minimum Gasteiger partial charge on any atom is -0.375 e. The van der Waals surface area contributed by atoms with E-state index in [1.54, 1.807) is 18.3 Å². The van der Waals surface area contributed by atoms with Gasteiger partial charge >= 0.3 is 0 Å². The number of pyridine rings is 1. The van der Waals surface area contributed by atoms with E-state index in [-0.39, 0.29) is 16.4 Å². The lowest BCUT2D eigenvalue weighted by Gasteiger charge is -2.39. The molecule has 3 aliphatic rings. The van der Waals surface area contributed by atoms with E-state index < -0.39 is 15.8 Å². The highest BCUT2D eigenvalue weighted by molar-refractivity contribution is 7.89. The van der Waals surface area contributed by atoms with Crippen molar-refractivity contribution in [3.05, 3.63) is 36.3 Å². The van der Waals surface area contributed by atoms with Crippen LogP contribution in [0.2, 0.25) is 0 Å². The number of benzene rings is 1. The summed E-state index contributed by atoms with van der Waals surface area (Å²) in [6.45, 7) is 3.50. The number of halogens is 1. The summed E-state index contributed by atoms with van der Waals surface area (Å²) < 4.78 is 48.5. The van der Waals surface area contributed by atoms with Gasteiger partial charge in [-0.25, -0.2) is 12.8 Å². The molecule has 8 heteroatoms. The Bertz CT molecular complexity index is 1030. The second kappa shape index (κ2) is 7.82. The molecule has 3 fully saturated rings. The Hall–Kier alpha value is -1.61. The normalized spacial score (nSPS) is 27.6. The Morgan fingerprint density at radius 1 is 1.23 bits per heavy atom. The van der Waals surface area contributed by atoms with Crippen LogP contribution < -0.4 is 5.32 Å². The van der Waals surface area contributed by atoms with E-state index in [2.05, 4.69) is 10.3 Å². The maximum absolute atomic E-state index is 14.7. The summed E-state index contributed by atoms with van der Waals surface area (Å²) in [6.07, 6.45) is 6.89. The number of nitrogens with one attached hydrogen (secondary N) is 1. The maximum Gasteiger partial charge on any atom is 0.246 e. The summed E-state index contributed by atoms with van der Waals surface area (Å²) in [5.74, 6) is -0.184. The molecule has 1 aliphatic carbocycles. The van der Waals surface area contributed by atoms with Crippen LogP contribution in [0.15, 0.2) is 35.4 Å². The highest BCUT2D eigenvalue weighted by Gasteiger charge is 2.46. The Morgan fingerprint density at radius 2 is 2.07 bits per heavy atom. The molecule has 2 saturated heterocycles. The van der Waals surface area contributed by atoms with E-state index in [0.29, 0.717) is 29.9 Å². The molecule has 1 saturated carbocycles. The lowest BCUT2D eigenvalue weighted by molar-refractivity contribution is -0.0122. The number of ether oxygens (including phenoxy) is 1. The molecule has 1 N–H and O–H groups in total. The van der Waals surface area contributed by atoms with E-state index in [1.165, 1.54) is 16.4 Å². The zero-order chi connectivity index (χ0) is 20.8. The smallest absolute Gasteiger partial charge is 0.246 e. The number of rotatable bonds is 3. The number of piperidine rings is 1. The van der Waals surface area contributed by atoms with Gasteiger partial charge in [0, 0.05) is 43.8 Å². The van der Waals surface area contributed by atoms with Gasteiger partial charge in [-0.15, -0.1) is 0 Å². The second-order valence-electron chi connectivity index (χ2n) is 9.00.